The molecule has 2 aliphatic heterocycles. The average molecular weight is 623 g/mol. The van der Waals surface area contributed by atoms with E-state index in [9.17, 15) is 14.3 Å². The van der Waals surface area contributed by atoms with E-state index in [4.69, 9.17) is 30.5 Å². The van der Waals surface area contributed by atoms with Crippen molar-refractivity contribution in [2.24, 2.45) is 0 Å². The zero-order valence-electron chi connectivity index (χ0n) is 23.6. The highest BCUT2D eigenvalue weighted by molar-refractivity contribution is 6.35. The summed E-state index contributed by atoms with van der Waals surface area (Å²) >= 11 is 6.18. The smallest absolute Gasteiger partial charge is 0.335 e. The highest BCUT2D eigenvalue weighted by atomic mass is 35.5. The minimum atomic E-state index is -0.978. The number of hydrogen-bond acceptors (Lipinski definition) is 7. The van der Waals surface area contributed by atoms with Crippen LogP contribution in [0.4, 0.5) is 14.5 Å². The zero-order chi connectivity index (χ0) is 30.4. The van der Waals surface area contributed by atoms with E-state index in [1.165, 1.54) is 12.1 Å². The molecule has 0 unspecified atom stereocenters. The van der Waals surface area contributed by atoms with E-state index in [2.05, 4.69) is 14.4 Å². The molecule has 3 aromatic carbocycles. The van der Waals surface area contributed by atoms with Crippen molar-refractivity contribution in [1.82, 2.24) is 14.5 Å². The van der Waals surface area contributed by atoms with Crippen molar-refractivity contribution in [3.05, 3.63) is 88.4 Å². The van der Waals surface area contributed by atoms with Gasteiger partial charge in [0.1, 0.15) is 18.0 Å². The summed E-state index contributed by atoms with van der Waals surface area (Å²) in [6, 6.07) is 13.6. The van der Waals surface area contributed by atoms with Gasteiger partial charge in [0, 0.05) is 49.8 Å². The maximum atomic E-state index is 15.1. The van der Waals surface area contributed by atoms with Gasteiger partial charge in [-0.05, 0) is 42.8 Å². The van der Waals surface area contributed by atoms with Crippen LogP contribution in [-0.4, -0.2) is 64.4 Å². The summed E-state index contributed by atoms with van der Waals surface area (Å²) in [7, 11) is 0. The van der Waals surface area contributed by atoms with Crippen molar-refractivity contribution in [3.63, 3.8) is 0 Å². The molecule has 1 atom stereocenters. The van der Waals surface area contributed by atoms with Crippen molar-refractivity contribution in [3.8, 4) is 5.75 Å². The number of rotatable bonds is 9. The van der Waals surface area contributed by atoms with Gasteiger partial charge in [-0.25, -0.2) is 14.2 Å². The molecule has 0 amide bonds. The maximum Gasteiger partial charge on any atom is 0.335 e. The third-order valence-corrected chi connectivity index (χ3v) is 8.66. The van der Waals surface area contributed by atoms with Gasteiger partial charge in [-0.3, -0.25) is 4.90 Å². The standard InChI is InChI=1S/C32H29ClF2N4O5/c33-23-6-4-20(30-22(23)15-28(35)44-30)18-43-31-24(34)2-1-3-26(31)38-11-9-37(10-12-38)17-29-36-25-7-5-19(32(40)41)14-27(25)39(29)16-21-8-13-42-21/h1-7,14-15,21H,8-13,16-18H2,(H,40,41)/t21-/m0/s1. The van der Waals surface area contributed by atoms with Crippen molar-refractivity contribution < 1.29 is 32.6 Å². The number of aromatic nitrogens is 2. The number of imidazole rings is 1. The number of carbonyl (C=O) groups is 1. The zero-order valence-corrected chi connectivity index (χ0v) is 24.4. The van der Waals surface area contributed by atoms with Crippen LogP contribution in [-0.2, 0) is 24.4 Å². The summed E-state index contributed by atoms with van der Waals surface area (Å²) in [5.74, 6) is -0.500. The van der Waals surface area contributed by atoms with Gasteiger partial charge in [-0.2, -0.15) is 4.39 Å². The molecule has 12 heteroatoms. The van der Waals surface area contributed by atoms with Crippen LogP contribution in [0.15, 0.2) is 59.0 Å². The van der Waals surface area contributed by atoms with E-state index in [0.717, 1.165) is 29.9 Å². The number of fused-ring (bicyclic) bond motifs is 2. The number of benzene rings is 3. The third-order valence-electron chi connectivity index (χ3n) is 8.33. The number of carboxylic acids is 1. The third kappa shape index (κ3) is 5.47. The van der Waals surface area contributed by atoms with Crippen molar-refractivity contribution in [2.75, 3.05) is 37.7 Å². The molecule has 7 rings (SSSR count). The first-order chi connectivity index (χ1) is 21.3. The van der Waals surface area contributed by atoms with Crippen molar-refractivity contribution >= 4 is 45.3 Å². The number of para-hydroxylation sites is 1. The Balaban J connectivity index is 1.07. The Labute approximate surface area is 256 Å². The number of halogens is 3. The SMILES string of the molecule is O=C(O)c1ccc2nc(CN3CCN(c4cccc(F)c4OCc4ccc(Cl)c5cc(F)oc45)CC3)n(C[C@@H]3CCO3)c2c1. The lowest BCUT2D eigenvalue weighted by atomic mass is 10.1. The monoisotopic (exact) mass is 622 g/mol. The molecule has 5 aromatic rings. The summed E-state index contributed by atoms with van der Waals surface area (Å²) in [5, 5.41) is 10.3. The van der Waals surface area contributed by atoms with Gasteiger partial charge in [0.2, 0.25) is 0 Å². The quantitative estimate of drug-likeness (QED) is 0.211. The van der Waals surface area contributed by atoms with Crippen LogP contribution >= 0.6 is 11.6 Å². The highest BCUT2D eigenvalue weighted by Crippen LogP contribution is 2.35. The Morgan fingerprint density at radius 1 is 1.09 bits per heavy atom. The molecule has 0 radical (unpaired) electrons. The summed E-state index contributed by atoms with van der Waals surface area (Å²) in [4.78, 5) is 20.8. The van der Waals surface area contributed by atoms with Gasteiger partial charge in [0.15, 0.2) is 11.6 Å². The summed E-state index contributed by atoms with van der Waals surface area (Å²) in [5.41, 5.74) is 3.22. The number of furan rings is 1. The Kier molecular flexibility index (Phi) is 7.61. The second kappa shape index (κ2) is 11.7. The van der Waals surface area contributed by atoms with Crippen LogP contribution in [0.5, 0.6) is 5.75 Å². The highest BCUT2D eigenvalue weighted by Gasteiger charge is 2.26. The fraction of sp³-hybridized carbons (Fsp3) is 0.312. The summed E-state index contributed by atoms with van der Waals surface area (Å²) in [6.07, 6.45) is 1.04. The van der Waals surface area contributed by atoms with E-state index in [1.807, 2.05) is 6.07 Å². The molecule has 4 heterocycles. The fourth-order valence-corrected chi connectivity index (χ4v) is 6.08. The van der Waals surface area contributed by atoms with Gasteiger partial charge in [-0.15, -0.1) is 0 Å². The molecule has 228 valence electrons. The second-order valence-corrected chi connectivity index (χ2v) is 11.5. The van der Waals surface area contributed by atoms with Gasteiger partial charge in [0.25, 0.3) is 6.01 Å². The Bertz CT molecular complexity index is 1860. The fourth-order valence-electron chi connectivity index (χ4n) is 5.88. The van der Waals surface area contributed by atoms with E-state index in [-0.39, 0.29) is 29.6 Å². The summed E-state index contributed by atoms with van der Waals surface area (Å²) in [6.45, 7) is 4.55. The van der Waals surface area contributed by atoms with Gasteiger partial charge >= 0.3 is 5.97 Å². The molecule has 2 fully saturated rings. The van der Waals surface area contributed by atoms with Gasteiger partial charge in [-0.1, -0.05) is 23.7 Å². The summed E-state index contributed by atoms with van der Waals surface area (Å²) < 4.78 is 47.9. The first kappa shape index (κ1) is 28.6. The van der Waals surface area contributed by atoms with Crippen LogP contribution < -0.4 is 9.64 Å². The Hall–Kier alpha value is -4.19. The normalized spacial score (nSPS) is 17.3. The number of nitrogens with zero attached hydrogens (tertiary/aromatic N) is 4. The molecule has 2 saturated heterocycles. The molecule has 0 saturated carbocycles. The average Bonchev–Trinajstić information content (AvgIpc) is 3.55. The molecule has 0 aliphatic carbocycles. The van der Waals surface area contributed by atoms with Crippen molar-refractivity contribution in [2.45, 2.75) is 32.2 Å². The molecule has 44 heavy (non-hydrogen) atoms. The van der Waals surface area contributed by atoms with Crippen molar-refractivity contribution in [1.29, 1.82) is 0 Å². The van der Waals surface area contributed by atoms with Crippen LogP contribution in [0.1, 0.15) is 28.2 Å². The van der Waals surface area contributed by atoms with Crippen LogP contribution in [0.3, 0.4) is 0 Å². The minimum Gasteiger partial charge on any atom is -0.483 e. The first-order valence-electron chi connectivity index (χ1n) is 14.4. The van der Waals surface area contributed by atoms with E-state index in [0.29, 0.717) is 60.9 Å². The lowest BCUT2D eigenvalue weighted by Crippen LogP contribution is -2.46. The van der Waals surface area contributed by atoms with E-state index < -0.39 is 17.8 Å². The molecule has 1 N–H and O–H groups in total. The van der Waals surface area contributed by atoms with E-state index >= 15 is 4.39 Å². The maximum absolute atomic E-state index is 15.1. The number of hydrogen-bond donors (Lipinski definition) is 1. The van der Waals surface area contributed by atoms with Crippen LogP contribution in [0.2, 0.25) is 5.02 Å². The minimum absolute atomic E-state index is 0.0287. The second-order valence-electron chi connectivity index (χ2n) is 11.1. The Morgan fingerprint density at radius 2 is 1.91 bits per heavy atom. The molecule has 2 aromatic heterocycles. The number of aromatic carboxylic acids is 1. The molecule has 0 bridgehead atoms. The van der Waals surface area contributed by atoms with Gasteiger partial charge in [0.05, 0.1) is 46.5 Å². The molecule has 9 nitrogen and oxygen atoms in total. The number of ether oxygens (including phenoxy) is 2. The topological polar surface area (TPSA) is 93.2 Å². The lowest BCUT2D eigenvalue weighted by molar-refractivity contribution is -0.0592. The largest absolute Gasteiger partial charge is 0.483 e. The first-order valence-corrected chi connectivity index (χ1v) is 14.8. The number of anilines is 1. The Morgan fingerprint density at radius 3 is 2.66 bits per heavy atom. The number of carboxylic acid groups (broad SMARTS) is 1. The van der Waals surface area contributed by atoms with Crippen LogP contribution in [0.25, 0.3) is 22.0 Å². The van der Waals surface area contributed by atoms with E-state index in [1.54, 1.807) is 36.4 Å². The molecular weight excluding hydrogens is 594 g/mol. The predicted molar refractivity (Wildman–Crippen MR) is 160 cm³/mol. The number of piperazine rings is 1. The van der Waals surface area contributed by atoms with Gasteiger partial charge < -0.3 is 28.5 Å². The molecule has 2 aliphatic rings. The predicted octanol–water partition coefficient (Wildman–Crippen LogP) is 6.10. The lowest BCUT2D eigenvalue weighted by Gasteiger charge is -2.36. The molecule has 0 spiro atoms. The van der Waals surface area contributed by atoms with Crippen LogP contribution in [0, 0.1) is 11.8 Å². The molecular formula is C32H29ClF2N4O5.